The standard InChI is InChI=1S/C14H19ClF2N2O/c1-2-20-14-11(15)7-10(8-12(14)17)13(9-16)19-5-3-18-4-6-19/h7-8,13,18H,2-6,9H2,1H3/t13-/m1/s1. The maximum Gasteiger partial charge on any atom is 0.173 e. The van der Waals surface area contributed by atoms with Gasteiger partial charge in [-0.15, -0.1) is 0 Å². The summed E-state index contributed by atoms with van der Waals surface area (Å²) in [6.07, 6.45) is 0. The Morgan fingerprint density at radius 3 is 2.65 bits per heavy atom. The topological polar surface area (TPSA) is 24.5 Å². The van der Waals surface area contributed by atoms with Crippen molar-refractivity contribution in [2.45, 2.75) is 13.0 Å². The van der Waals surface area contributed by atoms with E-state index in [-0.39, 0.29) is 10.8 Å². The van der Waals surface area contributed by atoms with Gasteiger partial charge in [-0.1, -0.05) is 11.6 Å². The first-order valence-electron chi connectivity index (χ1n) is 6.79. The normalized spacial score (nSPS) is 18.0. The summed E-state index contributed by atoms with van der Waals surface area (Å²) in [5.41, 5.74) is 0.556. The third-order valence-electron chi connectivity index (χ3n) is 3.43. The van der Waals surface area contributed by atoms with Gasteiger partial charge in [0.1, 0.15) is 6.67 Å². The fourth-order valence-electron chi connectivity index (χ4n) is 2.45. The van der Waals surface area contributed by atoms with Crippen molar-refractivity contribution < 1.29 is 13.5 Å². The average molecular weight is 305 g/mol. The zero-order chi connectivity index (χ0) is 14.5. The summed E-state index contributed by atoms with van der Waals surface area (Å²) in [7, 11) is 0. The summed E-state index contributed by atoms with van der Waals surface area (Å²) >= 11 is 6.04. The van der Waals surface area contributed by atoms with Crippen molar-refractivity contribution in [2.24, 2.45) is 0 Å². The Morgan fingerprint density at radius 2 is 2.10 bits per heavy atom. The van der Waals surface area contributed by atoms with Crippen LogP contribution in [-0.4, -0.2) is 44.4 Å². The van der Waals surface area contributed by atoms with E-state index in [0.29, 0.717) is 12.2 Å². The van der Waals surface area contributed by atoms with Gasteiger partial charge in [0.15, 0.2) is 11.6 Å². The van der Waals surface area contributed by atoms with E-state index in [2.05, 4.69) is 5.32 Å². The molecule has 112 valence electrons. The Bertz CT molecular complexity index is 430. The number of nitrogens with zero attached hydrogens (tertiary/aromatic N) is 1. The van der Waals surface area contributed by atoms with Crippen LogP contribution in [0.4, 0.5) is 8.78 Å². The van der Waals surface area contributed by atoms with E-state index in [9.17, 15) is 8.78 Å². The summed E-state index contributed by atoms with van der Waals surface area (Å²) in [5.74, 6) is -0.501. The third-order valence-corrected chi connectivity index (χ3v) is 3.71. The van der Waals surface area contributed by atoms with Crippen LogP contribution in [0.5, 0.6) is 5.75 Å². The fraction of sp³-hybridized carbons (Fsp3) is 0.571. The van der Waals surface area contributed by atoms with Gasteiger partial charge in [0, 0.05) is 26.2 Å². The van der Waals surface area contributed by atoms with Crippen molar-refractivity contribution in [3.05, 3.63) is 28.5 Å². The van der Waals surface area contributed by atoms with Crippen LogP contribution in [0, 0.1) is 5.82 Å². The quantitative estimate of drug-likeness (QED) is 0.905. The Labute approximate surface area is 122 Å². The van der Waals surface area contributed by atoms with E-state index >= 15 is 0 Å². The summed E-state index contributed by atoms with van der Waals surface area (Å²) in [6.45, 7) is 4.62. The van der Waals surface area contributed by atoms with Crippen LogP contribution in [0.2, 0.25) is 5.02 Å². The molecule has 20 heavy (non-hydrogen) atoms. The first kappa shape index (κ1) is 15.5. The predicted octanol–water partition coefficient (Wildman–Crippen LogP) is 2.79. The number of halogens is 3. The summed E-state index contributed by atoms with van der Waals surface area (Å²) in [6, 6.07) is 2.46. The SMILES string of the molecule is CCOc1c(F)cc([C@@H](CF)N2CCNCC2)cc1Cl. The number of hydrogen-bond donors (Lipinski definition) is 1. The molecule has 1 fully saturated rings. The lowest BCUT2D eigenvalue weighted by Gasteiger charge is -2.33. The van der Waals surface area contributed by atoms with Crippen LogP contribution in [0.1, 0.15) is 18.5 Å². The van der Waals surface area contributed by atoms with Gasteiger partial charge in [-0.3, -0.25) is 4.90 Å². The zero-order valence-corrected chi connectivity index (χ0v) is 12.2. The number of ether oxygens (including phenoxy) is 1. The predicted molar refractivity (Wildman–Crippen MR) is 75.7 cm³/mol. The Morgan fingerprint density at radius 1 is 1.40 bits per heavy atom. The molecular formula is C14H19ClF2N2O. The highest BCUT2D eigenvalue weighted by atomic mass is 35.5. The number of nitrogens with one attached hydrogen (secondary N) is 1. The van der Waals surface area contributed by atoms with Gasteiger partial charge in [0.05, 0.1) is 17.7 Å². The van der Waals surface area contributed by atoms with Crippen molar-refractivity contribution in [2.75, 3.05) is 39.5 Å². The summed E-state index contributed by atoms with van der Waals surface area (Å²) in [5, 5.41) is 3.40. The van der Waals surface area contributed by atoms with Gasteiger partial charge in [-0.25, -0.2) is 8.78 Å². The van der Waals surface area contributed by atoms with Gasteiger partial charge in [0.25, 0.3) is 0 Å². The molecule has 1 N–H and O–H groups in total. The van der Waals surface area contributed by atoms with Crippen LogP contribution < -0.4 is 10.1 Å². The van der Waals surface area contributed by atoms with Crippen LogP contribution in [0.3, 0.4) is 0 Å². The maximum absolute atomic E-state index is 14.0. The molecule has 0 aromatic heterocycles. The minimum Gasteiger partial charge on any atom is -0.489 e. The van der Waals surface area contributed by atoms with Gasteiger partial charge in [-0.2, -0.15) is 0 Å². The average Bonchev–Trinajstić information content (AvgIpc) is 2.45. The molecule has 0 spiro atoms. The molecule has 0 aliphatic carbocycles. The van der Waals surface area contributed by atoms with Crippen molar-refractivity contribution in [1.29, 1.82) is 0 Å². The third kappa shape index (κ3) is 3.40. The monoisotopic (exact) mass is 304 g/mol. The van der Waals surface area contributed by atoms with Crippen LogP contribution in [0.15, 0.2) is 12.1 Å². The highest BCUT2D eigenvalue weighted by Gasteiger charge is 2.24. The maximum atomic E-state index is 14.0. The molecule has 1 heterocycles. The van der Waals surface area contributed by atoms with Crippen LogP contribution in [0.25, 0.3) is 0 Å². The molecule has 0 bridgehead atoms. The number of benzene rings is 1. The second-order valence-corrected chi connectivity index (χ2v) is 5.11. The molecular weight excluding hydrogens is 286 g/mol. The molecule has 0 radical (unpaired) electrons. The molecule has 1 aromatic carbocycles. The van der Waals surface area contributed by atoms with E-state index in [4.69, 9.17) is 16.3 Å². The zero-order valence-electron chi connectivity index (χ0n) is 11.5. The van der Waals surface area contributed by atoms with Gasteiger partial charge < -0.3 is 10.1 Å². The summed E-state index contributed by atoms with van der Waals surface area (Å²) < 4.78 is 32.5. The summed E-state index contributed by atoms with van der Waals surface area (Å²) in [4.78, 5) is 2.00. The molecule has 0 unspecified atom stereocenters. The molecule has 1 saturated heterocycles. The lowest BCUT2D eigenvalue weighted by Crippen LogP contribution is -2.45. The fourth-order valence-corrected chi connectivity index (χ4v) is 2.72. The smallest absolute Gasteiger partial charge is 0.173 e. The molecule has 0 saturated carbocycles. The lowest BCUT2D eigenvalue weighted by atomic mass is 10.0. The highest BCUT2D eigenvalue weighted by molar-refractivity contribution is 6.32. The first-order valence-corrected chi connectivity index (χ1v) is 7.17. The minimum atomic E-state index is -0.566. The number of piperazine rings is 1. The first-order chi connectivity index (χ1) is 9.67. The van der Waals surface area contributed by atoms with Gasteiger partial charge in [0.2, 0.25) is 0 Å². The highest BCUT2D eigenvalue weighted by Crippen LogP contribution is 2.33. The number of rotatable bonds is 5. The van der Waals surface area contributed by atoms with Gasteiger partial charge in [-0.05, 0) is 24.6 Å². The Kier molecular flexibility index (Phi) is 5.57. The Balaban J connectivity index is 2.25. The number of hydrogen-bond acceptors (Lipinski definition) is 3. The van der Waals surface area contributed by atoms with Crippen LogP contribution >= 0.6 is 11.6 Å². The largest absolute Gasteiger partial charge is 0.489 e. The van der Waals surface area contributed by atoms with Crippen molar-refractivity contribution in [1.82, 2.24) is 10.2 Å². The minimum absolute atomic E-state index is 0.0378. The van der Waals surface area contributed by atoms with Gasteiger partial charge >= 0.3 is 0 Å². The molecule has 1 aliphatic rings. The lowest BCUT2D eigenvalue weighted by molar-refractivity contribution is 0.147. The van der Waals surface area contributed by atoms with E-state index < -0.39 is 18.5 Å². The van der Waals surface area contributed by atoms with E-state index in [1.54, 1.807) is 13.0 Å². The molecule has 6 heteroatoms. The van der Waals surface area contributed by atoms with Crippen molar-refractivity contribution in [3.63, 3.8) is 0 Å². The van der Waals surface area contributed by atoms with E-state index in [0.717, 1.165) is 26.2 Å². The van der Waals surface area contributed by atoms with E-state index in [1.165, 1.54) is 6.07 Å². The molecule has 0 amide bonds. The second kappa shape index (κ2) is 7.20. The molecule has 1 aliphatic heterocycles. The second-order valence-electron chi connectivity index (χ2n) is 4.70. The molecule has 2 rings (SSSR count). The molecule has 1 atom stereocenters. The molecule has 3 nitrogen and oxygen atoms in total. The van der Waals surface area contributed by atoms with Crippen molar-refractivity contribution >= 4 is 11.6 Å². The Hall–Kier alpha value is -0.910. The number of alkyl halides is 1. The molecule has 1 aromatic rings. The van der Waals surface area contributed by atoms with E-state index in [1.807, 2.05) is 4.90 Å². The van der Waals surface area contributed by atoms with Crippen molar-refractivity contribution in [3.8, 4) is 5.75 Å². The van der Waals surface area contributed by atoms with Crippen LogP contribution in [-0.2, 0) is 0 Å².